The molecular formula is C19H25FN4O2. The van der Waals surface area contributed by atoms with Crippen molar-refractivity contribution in [1.29, 1.82) is 0 Å². The fourth-order valence-corrected chi connectivity index (χ4v) is 2.30. The third-order valence-corrected chi connectivity index (χ3v) is 3.94. The fraction of sp³-hybridized carbons (Fsp3) is 0.421. The molecule has 0 saturated carbocycles. The topological polar surface area (TPSA) is 76.0 Å². The van der Waals surface area contributed by atoms with Crippen LogP contribution < -0.4 is 10.6 Å². The van der Waals surface area contributed by atoms with Crippen LogP contribution in [0.2, 0.25) is 0 Å². The van der Waals surface area contributed by atoms with Crippen molar-refractivity contribution in [2.24, 2.45) is 5.92 Å². The molecule has 2 aromatic rings. The molecule has 2 rings (SSSR count). The van der Waals surface area contributed by atoms with E-state index in [1.807, 2.05) is 13.8 Å². The summed E-state index contributed by atoms with van der Waals surface area (Å²) in [7, 11) is 0. The first-order chi connectivity index (χ1) is 12.2. The summed E-state index contributed by atoms with van der Waals surface area (Å²) < 4.78 is 14.4. The molecule has 0 bridgehead atoms. The lowest BCUT2D eigenvalue weighted by molar-refractivity contribution is -0.129. The Balaban J connectivity index is 1.98. The quantitative estimate of drug-likeness (QED) is 0.797. The summed E-state index contributed by atoms with van der Waals surface area (Å²) in [5.74, 6) is -0.362. The predicted molar refractivity (Wildman–Crippen MR) is 98.1 cm³/mol. The highest BCUT2D eigenvalue weighted by Gasteiger charge is 2.30. The molecule has 1 aromatic heterocycles. The van der Waals surface area contributed by atoms with Gasteiger partial charge in [-0.05, 0) is 37.5 Å². The molecule has 2 amide bonds. The number of carbonyl (C=O) groups excluding carboxylic acids is 2. The fourth-order valence-electron chi connectivity index (χ4n) is 2.30. The second kappa shape index (κ2) is 8.12. The van der Waals surface area contributed by atoms with Crippen molar-refractivity contribution in [3.63, 3.8) is 0 Å². The lowest BCUT2D eigenvalue weighted by atomic mass is 10.0. The van der Waals surface area contributed by atoms with Crippen LogP contribution in [0.1, 0.15) is 33.3 Å². The molecule has 0 unspecified atom stereocenters. The normalized spacial score (nSPS) is 11.5. The van der Waals surface area contributed by atoms with E-state index in [-0.39, 0.29) is 24.1 Å². The molecule has 0 aliphatic rings. The summed E-state index contributed by atoms with van der Waals surface area (Å²) in [6.07, 6.45) is 3.25. The van der Waals surface area contributed by atoms with Crippen molar-refractivity contribution in [2.75, 3.05) is 11.9 Å². The van der Waals surface area contributed by atoms with Crippen LogP contribution in [0.15, 0.2) is 36.7 Å². The molecule has 6 nitrogen and oxygen atoms in total. The average molecular weight is 360 g/mol. The standard InChI is InChI=1S/C19H25FN4O2/c1-13(2)10-21-18(26)19(3,4)24-12-16(11-22-24)23-17(25)9-14-5-7-15(20)8-6-14/h5-8,11-13H,9-10H2,1-4H3,(H,21,26)(H,23,25). The van der Waals surface area contributed by atoms with Crippen LogP contribution in [0.25, 0.3) is 0 Å². The van der Waals surface area contributed by atoms with Gasteiger partial charge in [-0.25, -0.2) is 4.39 Å². The van der Waals surface area contributed by atoms with Gasteiger partial charge in [0.25, 0.3) is 0 Å². The number of carbonyl (C=O) groups is 2. The first-order valence-electron chi connectivity index (χ1n) is 8.56. The SMILES string of the molecule is CC(C)CNC(=O)C(C)(C)n1cc(NC(=O)Cc2ccc(F)cc2)cn1. The molecule has 0 radical (unpaired) electrons. The molecule has 0 aliphatic carbocycles. The summed E-state index contributed by atoms with van der Waals surface area (Å²) >= 11 is 0. The van der Waals surface area contributed by atoms with Gasteiger partial charge >= 0.3 is 0 Å². The van der Waals surface area contributed by atoms with Crippen LogP contribution >= 0.6 is 0 Å². The average Bonchev–Trinajstić information content (AvgIpc) is 3.03. The van der Waals surface area contributed by atoms with Gasteiger partial charge in [-0.3, -0.25) is 14.3 Å². The zero-order valence-corrected chi connectivity index (χ0v) is 15.5. The van der Waals surface area contributed by atoms with Crippen LogP contribution in [-0.4, -0.2) is 28.1 Å². The molecule has 140 valence electrons. The second-order valence-corrected chi connectivity index (χ2v) is 7.19. The van der Waals surface area contributed by atoms with Crippen LogP contribution in [0.3, 0.4) is 0 Å². The highest BCUT2D eigenvalue weighted by Crippen LogP contribution is 2.18. The summed E-state index contributed by atoms with van der Waals surface area (Å²) in [5, 5.41) is 9.83. The van der Waals surface area contributed by atoms with Gasteiger partial charge in [0.15, 0.2) is 0 Å². The van der Waals surface area contributed by atoms with E-state index in [0.717, 1.165) is 0 Å². The van der Waals surface area contributed by atoms with Gasteiger partial charge in [0.1, 0.15) is 11.4 Å². The van der Waals surface area contributed by atoms with Gasteiger partial charge < -0.3 is 10.6 Å². The van der Waals surface area contributed by atoms with E-state index in [9.17, 15) is 14.0 Å². The summed E-state index contributed by atoms with van der Waals surface area (Å²) in [6.45, 7) is 8.16. The number of rotatable bonds is 7. The summed E-state index contributed by atoms with van der Waals surface area (Å²) in [4.78, 5) is 24.5. The van der Waals surface area contributed by atoms with E-state index in [1.54, 1.807) is 32.2 Å². The number of amides is 2. The van der Waals surface area contributed by atoms with Gasteiger partial charge in [0.2, 0.25) is 11.8 Å². The number of hydrogen-bond acceptors (Lipinski definition) is 3. The Labute approximate surface area is 152 Å². The molecule has 2 N–H and O–H groups in total. The molecule has 1 aromatic carbocycles. The van der Waals surface area contributed by atoms with Crippen LogP contribution in [0.4, 0.5) is 10.1 Å². The molecule has 0 fully saturated rings. The van der Waals surface area contributed by atoms with Crippen molar-refractivity contribution in [3.8, 4) is 0 Å². The van der Waals surface area contributed by atoms with Crippen molar-refractivity contribution in [2.45, 2.75) is 39.7 Å². The molecule has 0 aliphatic heterocycles. The Bertz CT molecular complexity index is 766. The van der Waals surface area contributed by atoms with Crippen molar-refractivity contribution < 1.29 is 14.0 Å². The molecular weight excluding hydrogens is 335 g/mol. The van der Waals surface area contributed by atoms with Gasteiger partial charge in [0, 0.05) is 12.7 Å². The zero-order valence-electron chi connectivity index (χ0n) is 15.5. The Morgan fingerprint density at radius 3 is 2.50 bits per heavy atom. The number of nitrogens with zero attached hydrogens (tertiary/aromatic N) is 2. The highest BCUT2D eigenvalue weighted by atomic mass is 19.1. The monoisotopic (exact) mass is 360 g/mol. The molecule has 26 heavy (non-hydrogen) atoms. The first kappa shape index (κ1) is 19.6. The maximum Gasteiger partial charge on any atom is 0.247 e. The number of halogens is 1. The van der Waals surface area contributed by atoms with E-state index in [2.05, 4.69) is 15.7 Å². The van der Waals surface area contributed by atoms with Crippen molar-refractivity contribution >= 4 is 17.5 Å². The van der Waals surface area contributed by atoms with Crippen molar-refractivity contribution in [3.05, 3.63) is 48.0 Å². The highest BCUT2D eigenvalue weighted by molar-refractivity contribution is 5.92. The molecule has 0 spiro atoms. The Kier molecular flexibility index (Phi) is 6.13. The maximum atomic E-state index is 12.9. The van der Waals surface area contributed by atoms with Gasteiger partial charge in [-0.2, -0.15) is 5.10 Å². The smallest absolute Gasteiger partial charge is 0.247 e. The minimum Gasteiger partial charge on any atom is -0.354 e. The number of benzene rings is 1. The van der Waals surface area contributed by atoms with Crippen LogP contribution in [0.5, 0.6) is 0 Å². The lowest BCUT2D eigenvalue weighted by Gasteiger charge is -2.24. The maximum absolute atomic E-state index is 12.9. The summed E-state index contributed by atoms with van der Waals surface area (Å²) in [5.41, 5.74) is 0.334. The second-order valence-electron chi connectivity index (χ2n) is 7.19. The van der Waals surface area contributed by atoms with E-state index in [1.165, 1.54) is 23.0 Å². The van der Waals surface area contributed by atoms with Gasteiger partial charge in [-0.1, -0.05) is 26.0 Å². The molecule has 0 saturated heterocycles. The minimum absolute atomic E-state index is 0.129. The zero-order chi connectivity index (χ0) is 19.3. The lowest BCUT2D eigenvalue weighted by Crippen LogP contribution is -2.45. The first-order valence-corrected chi connectivity index (χ1v) is 8.56. The number of anilines is 1. The van der Waals surface area contributed by atoms with Crippen LogP contribution in [0, 0.1) is 11.7 Å². The third kappa shape index (κ3) is 5.15. The molecule has 0 atom stereocenters. The van der Waals surface area contributed by atoms with E-state index in [4.69, 9.17) is 0 Å². The minimum atomic E-state index is -0.880. The van der Waals surface area contributed by atoms with E-state index in [0.29, 0.717) is 23.7 Å². The van der Waals surface area contributed by atoms with Crippen molar-refractivity contribution in [1.82, 2.24) is 15.1 Å². The van der Waals surface area contributed by atoms with E-state index >= 15 is 0 Å². The molecule has 1 heterocycles. The number of nitrogens with one attached hydrogen (secondary N) is 2. The third-order valence-electron chi connectivity index (χ3n) is 3.94. The van der Waals surface area contributed by atoms with Gasteiger partial charge in [-0.15, -0.1) is 0 Å². The summed E-state index contributed by atoms with van der Waals surface area (Å²) in [6, 6.07) is 5.78. The largest absolute Gasteiger partial charge is 0.354 e. The Morgan fingerprint density at radius 2 is 1.88 bits per heavy atom. The number of aromatic nitrogens is 2. The van der Waals surface area contributed by atoms with Gasteiger partial charge in [0.05, 0.1) is 18.3 Å². The number of hydrogen-bond donors (Lipinski definition) is 2. The van der Waals surface area contributed by atoms with E-state index < -0.39 is 5.54 Å². The Morgan fingerprint density at radius 1 is 1.23 bits per heavy atom. The predicted octanol–water partition coefficient (Wildman–Crippen LogP) is 2.71. The molecule has 7 heteroatoms. The van der Waals surface area contributed by atoms with Crippen LogP contribution in [-0.2, 0) is 21.5 Å². The Hall–Kier alpha value is -2.70.